The normalized spacial score (nSPS) is 16.0. The monoisotopic (exact) mass is 474 g/mol. The molecule has 1 aliphatic rings. The smallest absolute Gasteiger partial charge is 0.269 e. The highest BCUT2D eigenvalue weighted by Gasteiger charge is 2.29. The number of rotatable bonds is 8. The molecule has 0 aliphatic carbocycles. The second-order valence-corrected chi connectivity index (χ2v) is 9.38. The lowest BCUT2D eigenvalue weighted by Gasteiger charge is -2.39. The number of nitrogens with one attached hydrogen (secondary N) is 1. The Hall–Kier alpha value is -3.28. The fourth-order valence-electron chi connectivity index (χ4n) is 3.89. The molecular formula is C22H23FN4O5S. The molecule has 2 heterocycles. The summed E-state index contributed by atoms with van der Waals surface area (Å²) < 4.78 is 47.8. The Bertz CT molecular complexity index is 1190. The van der Waals surface area contributed by atoms with E-state index in [0.29, 0.717) is 37.6 Å². The molecule has 0 amide bonds. The predicted molar refractivity (Wildman–Crippen MR) is 120 cm³/mol. The molecule has 9 nitrogen and oxygen atoms in total. The van der Waals surface area contributed by atoms with Crippen LogP contribution in [0.4, 0.5) is 15.8 Å². The van der Waals surface area contributed by atoms with Gasteiger partial charge in [-0.2, -0.15) is 0 Å². The third-order valence-electron chi connectivity index (χ3n) is 5.64. The average molecular weight is 475 g/mol. The molecule has 1 N–H and O–H groups in total. The molecule has 33 heavy (non-hydrogen) atoms. The zero-order chi connectivity index (χ0) is 23.4. The summed E-state index contributed by atoms with van der Waals surface area (Å²) in [5.74, 6) is 0.338. The summed E-state index contributed by atoms with van der Waals surface area (Å²) in [4.78, 5) is 14.2. The maximum absolute atomic E-state index is 14.2. The van der Waals surface area contributed by atoms with E-state index < -0.39 is 14.9 Å². The summed E-state index contributed by atoms with van der Waals surface area (Å²) in [6.45, 7) is 2.37. The zero-order valence-electron chi connectivity index (χ0n) is 17.6. The lowest BCUT2D eigenvalue weighted by molar-refractivity contribution is -0.384. The molecule has 0 spiro atoms. The van der Waals surface area contributed by atoms with Gasteiger partial charge in [0.1, 0.15) is 11.6 Å². The van der Waals surface area contributed by atoms with Gasteiger partial charge in [-0.3, -0.25) is 15.0 Å². The number of nitro benzene ring substituents is 1. The van der Waals surface area contributed by atoms with Gasteiger partial charge >= 0.3 is 0 Å². The highest BCUT2D eigenvalue weighted by molar-refractivity contribution is 7.89. The lowest BCUT2D eigenvalue weighted by atomic mass is 10.1. The third kappa shape index (κ3) is 5.21. The number of halogens is 1. The van der Waals surface area contributed by atoms with Crippen LogP contribution in [-0.2, 0) is 10.0 Å². The van der Waals surface area contributed by atoms with Crippen LogP contribution in [0, 0.1) is 15.9 Å². The average Bonchev–Trinajstić information content (AvgIpc) is 3.35. The van der Waals surface area contributed by atoms with Crippen LogP contribution in [0.1, 0.15) is 11.8 Å². The molecule has 2 aromatic carbocycles. The summed E-state index contributed by atoms with van der Waals surface area (Å²) in [7, 11) is -3.89. The van der Waals surface area contributed by atoms with Crippen LogP contribution in [0.2, 0.25) is 0 Å². The minimum Gasteiger partial charge on any atom is -0.468 e. The number of nitrogens with zero attached hydrogens (tertiary/aromatic N) is 3. The molecule has 1 atom stereocenters. The molecular weight excluding hydrogens is 451 g/mol. The van der Waals surface area contributed by atoms with Crippen molar-refractivity contribution in [2.75, 3.05) is 37.6 Å². The van der Waals surface area contributed by atoms with Crippen LogP contribution in [-0.4, -0.2) is 51.0 Å². The maximum Gasteiger partial charge on any atom is 0.269 e. The number of piperazine rings is 1. The first-order chi connectivity index (χ1) is 15.8. The van der Waals surface area contributed by atoms with Gasteiger partial charge in [0.05, 0.1) is 27.8 Å². The maximum atomic E-state index is 14.2. The molecule has 4 rings (SSSR count). The second-order valence-electron chi connectivity index (χ2n) is 7.61. The van der Waals surface area contributed by atoms with E-state index >= 15 is 0 Å². The van der Waals surface area contributed by atoms with Gasteiger partial charge in [-0.05, 0) is 36.4 Å². The Morgan fingerprint density at radius 1 is 1.03 bits per heavy atom. The van der Waals surface area contributed by atoms with Crippen molar-refractivity contribution < 1.29 is 22.1 Å². The first-order valence-corrected chi connectivity index (χ1v) is 11.8. The van der Waals surface area contributed by atoms with Crippen molar-refractivity contribution in [1.82, 2.24) is 9.62 Å². The number of hydrogen-bond donors (Lipinski definition) is 1. The number of furan rings is 1. The molecule has 1 aliphatic heterocycles. The Kier molecular flexibility index (Phi) is 6.72. The number of hydrogen-bond acceptors (Lipinski definition) is 7. The number of benzene rings is 2. The van der Waals surface area contributed by atoms with Crippen molar-refractivity contribution >= 4 is 21.4 Å². The van der Waals surface area contributed by atoms with Crippen LogP contribution in [0.25, 0.3) is 0 Å². The van der Waals surface area contributed by atoms with Crippen molar-refractivity contribution in [3.63, 3.8) is 0 Å². The van der Waals surface area contributed by atoms with E-state index in [4.69, 9.17) is 4.42 Å². The molecule has 0 saturated carbocycles. The zero-order valence-corrected chi connectivity index (χ0v) is 18.4. The number of sulfonamides is 1. The molecule has 0 radical (unpaired) electrons. The van der Waals surface area contributed by atoms with Gasteiger partial charge in [-0.25, -0.2) is 17.5 Å². The number of anilines is 1. The summed E-state index contributed by atoms with van der Waals surface area (Å²) in [5, 5.41) is 10.8. The standard InChI is InChI=1S/C22H23FN4O5S/c23-19-4-1-2-5-20(19)25-11-13-26(14-12-25)21(22-6-3-15-32-22)16-24-33(30,31)18-9-7-17(8-10-18)27(28)29/h1-10,15,21,24H,11-14,16H2/t21-/m1/s1. The largest absolute Gasteiger partial charge is 0.468 e. The first kappa shape index (κ1) is 22.9. The highest BCUT2D eigenvalue weighted by atomic mass is 32.2. The lowest BCUT2D eigenvalue weighted by Crippen LogP contribution is -2.50. The van der Waals surface area contributed by atoms with Crippen LogP contribution < -0.4 is 9.62 Å². The van der Waals surface area contributed by atoms with E-state index in [-0.39, 0.29) is 29.0 Å². The van der Waals surface area contributed by atoms with Gasteiger partial charge in [-0.1, -0.05) is 12.1 Å². The Labute approximate surface area is 190 Å². The molecule has 0 unspecified atom stereocenters. The number of non-ortho nitro benzene ring substituents is 1. The van der Waals surface area contributed by atoms with Crippen LogP contribution in [0.15, 0.2) is 76.2 Å². The van der Waals surface area contributed by atoms with E-state index in [2.05, 4.69) is 9.62 Å². The van der Waals surface area contributed by atoms with E-state index in [1.165, 1.54) is 24.5 Å². The quantitative estimate of drug-likeness (QED) is 0.395. The van der Waals surface area contributed by atoms with E-state index in [1.54, 1.807) is 30.3 Å². The van der Waals surface area contributed by atoms with E-state index in [9.17, 15) is 22.9 Å². The second kappa shape index (κ2) is 9.69. The van der Waals surface area contributed by atoms with Gasteiger partial charge in [0, 0.05) is 44.9 Å². The van der Waals surface area contributed by atoms with Crippen LogP contribution in [0.5, 0.6) is 0 Å². The fraction of sp³-hybridized carbons (Fsp3) is 0.273. The molecule has 3 aromatic rings. The molecule has 1 aromatic heterocycles. The summed E-state index contributed by atoms with van der Waals surface area (Å²) >= 11 is 0. The van der Waals surface area contributed by atoms with Crippen LogP contribution in [0.3, 0.4) is 0 Å². The molecule has 1 saturated heterocycles. The molecule has 11 heteroatoms. The minimum absolute atomic E-state index is 0.0481. The molecule has 174 valence electrons. The molecule has 0 bridgehead atoms. The van der Waals surface area contributed by atoms with Gasteiger partial charge in [0.25, 0.3) is 5.69 Å². The van der Waals surface area contributed by atoms with E-state index in [0.717, 1.165) is 12.1 Å². The number of para-hydroxylation sites is 1. The molecule has 1 fully saturated rings. The van der Waals surface area contributed by atoms with Gasteiger partial charge in [-0.15, -0.1) is 0 Å². The Morgan fingerprint density at radius 2 is 1.73 bits per heavy atom. The third-order valence-corrected chi connectivity index (χ3v) is 7.08. The van der Waals surface area contributed by atoms with Crippen molar-refractivity contribution in [2.45, 2.75) is 10.9 Å². The highest BCUT2D eigenvalue weighted by Crippen LogP contribution is 2.26. The van der Waals surface area contributed by atoms with Gasteiger partial charge < -0.3 is 9.32 Å². The van der Waals surface area contributed by atoms with Crippen molar-refractivity contribution in [3.05, 3.63) is 88.6 Å². The van der Waals surface area contributed by atoms with Crippen molar-refractivity contribution in [3.8, 4) is 0 Å². The SMILES string of the molecule is O=[N+]([O-])c1ccc(S(=O)(=O)NC[C@H](c2ccco2)N2CCN(c3ccccc3F)CC2)cc1. The Balaban J connectivity index is 1.45. The topological polar surface area (TPSA) is 109 Å². The minimum atomic E-state index is -3.89. The fourth-order valence-corrected chi connectivity index (χ4v) is 4.93. The summed E-state index contributed by atoms with van der Waals surface area (Å²) in [6, 6.07) is 14.5. The van der Waals surface area contributed by atoms with Gasteiger partial charge in [0.15, 0.2) is 0 Å². The van der Waals surface area contributed by atoms with Crippen molar-refractivity contribution in [2.24, 2.45) is 0 Å². The van der Waals surface area contributed by atoms with Crippen LogP contribution >= 0.6 is 0 Å². The van der Waals surface area contributed by atoms with Gasteiger partial charge in [0.2, 0.25) is 10.0 Å². The first-order valence-electron chi connectivity index (χ1n) is 10.4. The van der Waals surface area contributed by atoms with E-state index in [1.807, 2.05) is 4.90 Å². The summed E-state index contributed by atoms with van der Waals surface area (Å²) in [6.07, 6.45) is 1.53. The predicted octanol–water partition coefficient (Wildman–Crippen LogP) is 3.17. The van der Waals surface area contributed by atoms with Crippen molar-refractivity contribution in [1.29, 1.82) is 0 Å². The summed E-state index contributed by atoms with van der Waals surface area (Å²) in [5.41, 5.74) is 0.362. The number of nitro groups is 1. The Morgan fingerprint density at radius 3 is 2.33 bits per heavy atom.